The Morgan fingerprint density at radius 1 is 1.24 bits per heavy atom. The average Bonchev–Trinajstić information content (AvgIpc) is 3.20. The molecule has 0 radical (unpaired) electrons. The number of aromatic nitrogens is 3. The van der Waals surface area contributed by atoms with Gasteiger partial charge in [0.05, 0.1) is 14.9 Å². The van der Waals surface area contributed by atoms with Crippen LogP contribution in [0.25, 0.3) is 0 Å². The number of halogens is 2. The maximum absolute atomic E-state index is 12.4. The molecule has 0 bridgehead atoms. The fourth-order valence-corrected chi connectivity index (χ4v) is 3.82. The van der Waals surface area contributed by atoms with E-state index in [1.54, 1.807) is 11.6 Å². The van der Waals surface area contributed by atoms with E-state index in [0.29, 0.717) is 16.8 Å². The number of hydrogen-bond acceptors (Lipinski definition) is 4. The third-order valence-electron chi connectivity index (χ3n) is 3.51. The molecule has 21 heavy (non-hydrogen) atoms. The van der Waals surface area contributed by atoms with Gasteiger partial charge in [0.15, 0.2) is 9.84 Å². The van der Waals surface area contributed by atoms with Gasteiger partial charge in [-0.05, 0) is 31.0 Å². The highest BCUT2D eigenvalue weighted by Crippen LogP contribution is 2.39. The van der Waals surface area contributed by atoms with Crippen molar-refractivity contribution in [1.29, 1.82) is 0 Å². The second-order valence-corrected chi connectivity index (χ2v) is 7.95. The first-order valence-corrected chi connectivity index (χ1v) is 8.85. The molecule has 1 fully saturated rings. The van der Waals surface area contributed by atoms with Gasteiger partial charge in [-0.25, -0.2) is 8.42 Å². The van der Waals surface area contributed by atoms with Crippen LogP contribution in [0.1, 0.15) is 30.4 Å². The molecule has 1 saturated carbocycles. The summed E-state index contributed by atoms with van der Waals surface area (Å²) in [6, 6.07) is 4.28. The molecule has 1 aliphatic rings. The first kappa shape index (κ1) is 14.8. The number of benzene rings is 1. The average molecular weight is 346 g/mol. The molecular weight excluding hydrogens is 333 g/mol. The molecule has 0 amide bonds. The van der Waals surface area contributed by atoms with Crippen LogP contribution in [0.5, 0.6) is 0 Å². The first-order valence-electron chi connectivity index (χ1n) is 6.44. The van der Waals surface area contributed by atoms with E-state index in [4.69, 9.17) is 23.2 Å². The van der Waals surface area contributed by atoms with E-state index >= 15 is 0 Å². The monoisotopic (exact) mass is 345 g/mol. The summed E-state index contributed by atoms with van der Waals surface area (Å²) in [6.45, 7) is 0. The SMILES string of the molecule is Cn1c(CS(=O)(=O)c2ccc(Cl)c(Cl)c2)nnc1C1CC1. The van der Waals surface area contributed by atoms with Crippen molar-refractivity contribution in [3.63, 3.8) is 0 Å². The van der Waals surface area contributed by atoms with Crippen LogP contribution in [0.3, 0.4) is 0 Å². The minimum absolute atomic E-state index is 0.132. The van der Waals surface area contributed by atoms with Crippen LogP contribution in [-0.4, -0.2) is 23.2 Å². The lowest BCUT2D eigenvalue weighted by Crippen LogP contribution is -2.10. The Bertz CT molecular complexity index is 798. The lowest BCUT2D eigenvalue weighted by molar-refractivity contribution is 0.592. The van der Waals surface area contributed by atoms with E-state index in [-0.39, 0.29) is 15.7 Å². The fourth-order valence-electron chi connectivity index (χ4n) is 2.12. The zero-order valence-corrected chi connectivity index (χ0v) is 13.6. The van der Waals surface area contributed by atoms with Crippen molar-refractivity contribution in [2.24, 2.45) is 7.05 Å². The lowest BCUT2D eigenvalue weighted by atomic mass is 10.4. The Hall–Kier alpha value is -1.11. The predicted octanol–water partition coefficient (Wildman–Crippen LogP) is 2.97. The van der Waals surface area contributed by atoms with Crippen molar-refractivity contribution in [3.05, 3.63) is 39.9 Å². The second-order valence-electron chi connectivity index (χ2n) is 5.14. The highest BCUT2D eigenvalue weighted by molar-refractivity contribution is 7.90. The van der Waals surface area contributed by atoms with Crippen LogP contribution in [0.15, 0.2) is 23.1 Å². The summed E-state index contributed by atoms with van der Waals surface area (Å²) >= 11 is 11.7. The Labute approximate surface area is 132 Å². The second kappa shape index (κ2) is 5.26. The van der Waals surface area contributed by atoms with Crippen LogP contribution < -0.4 is 0 Å². The molecule has 0 spiro atoms. The van der Waals surface area contributed by atoms with Crippen LogP contribution in [-0.2, 0) is 22.6 Å². The number of rotatable bonds is 4. The highest BCUT2D eigenvalue weighted by atomic mass is 35.5. The molecule has 112 valence electrons. The summed E-state index contributed by atoms with van der Waals surface area (Å²) in [7, 11) is -1.73. The molecule has 0 N–H and O–H groups in total. The molecule has 0 saturated heterocycles. The number of hydrogen-bond donors (Lipinski definition) is 0. The summed E-state index contributed by atoms with van der Waals surface area (Å²) in [5.74, 6) is 1.50. The molecule has 1 aromatic carbocycles. The Morgan fingerprint density at radius 3 is 2.57 bits per heavy atom. The largest absolute Gasteiger partial charge is 0.317 e. The van der Waals surface area contributed by atoms with E-state index in [2.05, 4.69) is 10.2 Å². The minimum Gasteiger partial charge on any atom is -0.317 e. The molecular formula is C13H13Cl2N3O2S. The molecule has 1 aromatic heterocycles. The topological polar surface area (TPSA) is 64.8 Å². The molecule has 1 aliphatic carbocycles. The first-order chi connectivity index (χ1) is 9.88. The summed E-state index contributed by atoms with van der Waals surface area (Å²) in [4.78, 5) is 0.132. The Kier molecular flexibility index (Phi) is 3.71. The summed E-state index contributed by atoms with van der Waals surface area (Å²) < 4.78 is 26.6. The van der Waals surface area contributed by atoms with Gasteiger partial charge in [-0.2, -0.15) is 0 Å². The van der Waals surface area contributed by atoms with Gasteiger partial charge < -0.3 is 4.57 Å². The van der Waals surface area contributed by atoms with E-state index in [1.165, 1.54) is 18.2 Å². The third-order valence-corrected chi connectivity index (χ3v) is 5.86. The molecule has 2 aromatic rings. The molecule has 5 nitrogen and oxygen atoms in total. The standard InChI is InChI=1S/C13H13Cl2N3O2S/c1-18-12(16-17-13(18)8-2-3-8)7-21(19,20)9-4-5-10(14)11(15)6-9/h4-6,8H,2-3,7H2,1H3. The zero-order chi connectivity index (χ0) is 15.2. The lowest BCUT2D eigenvalue weighted by Gasteiger charge is -2.06. The van der Waals surface area contributed by atoms with Crippen molar-refractivity contribution in [2.45, 2.75) is 29.4 Å². The normalized spacial score (nSPS) is 15.4. The van der Waals surface area contributed by atoms with Gasteiger partial charge in [0.2, 0.25) is 0 Å². The number of nitrogens with zero attached hydrogens (tertiary/aromatic N) is 3. The van der Waals surface area contributed by atoms with Crippen molar-refractivity contribution in [2.75, 3.05) is 0 Å². The maximum atomic E-state index is 12.4. The minimum atomic E-state index is -3.53. The quantitative estimate of drug-likeness (QED) is 0.854. The molecule has 0 atom stereocenters. The molecule has 0 aliphatic heterocycles. The van der Waals surface area contributed by atoms with E-state index in [1.807, 2.05) is 0 Å². The van der Waals surface area contributed by atoms with Gasteiger partial charge in [-0.3, -0.25) is 0 Å². The van der Waals surface area contributed by atoms with Gasteiger partial charge in [0, 0.05) is 13.0 Å². The fraction of sp³-hybridized carbons (Fsp3) is 0.385. The third kappa shape index (κ3) is 2.93. The smallest absolute Gasteiger partial charge is 0.185 e. The van der Waals surface area contributed by atoms with Crippen molar-refractivity contribution in [3.8, 4) is 0 Å². The van der Waals surface area contributed by atoms with Gasteiger partial charge in [-0.15, -0.1) is 10.2 Å². The van der Waals surface area contributed by atoms with Crippen molar-refractivity contribution in [1.82, 2.24) is 14.8 Å². The van der Waals surface area contributed by atoms with Crippen LogP contribution in [0.2, 0.25) is 10.0 Å². The Balaban J connectivity index is 1.90. The van der Waals surface area contributed by atoms with Crippen molar-refractivity contribution >= 4 is 33.0 Å². The highest BCUT2D eigenvalue weighted by Gasteiger charge is 2.30. The van der Waals surface area contributed by atoms with E-state index in [0.717, 1.165) is 18.7 Å². The van der Waals surface area contributed by atoms with Gasteiger partial charge >= 0.3 is 0 Å². The molecule has 3 rings (SSSR count). The van der Waals surface area contributed by atoms with Crippen LogP contribution in [0, 0.1) is 0 Å². The summed E-state index contributed by atoms with van der Waals surface area (Å²) in [5, 5.41) is 8.63. The zero-order valence-electron chi connectivity index (χ0n) is 11.3. The maximum Gasteiger partial charge on any atom is 0.185 e. The molecule has 1 heterocycles. The van der Waals surface area contributed by atoms with E-state index in [9.17, 15) is 8.42 Å². The van der Waals surface area contributed by atoms with Gasteiger partial charge in [0.1, 0.15) is 17.4 Å². The van der Waals surface area contributed by atoms with E-state index < -0.39 is 9.84 Å². The van der Waals surface area contributed by atoms with Crippen molar-refractivity contribution < 1.29 is 8.42 Å². The molecule has 0 unspecified atom stereocenters. The molecule has 8 heteroatoms. The van der Waals surface area contributed by atoms with Crippen LogP contribution >= 0.6 is 23.2 Å². The van der Waals surface area contributed by atoms with Gasteiger partial charge in [0.25, 0.3) is 0 Å². The Morgan fingerprint density at radius 2 is 1.95 bits per heavy atom. The van der Waals surface area contributed by atoms with Crippen LogP contribution in [0.4, 0.5) is 0 Å². The number of sulfone groups is 1. The van der Waals surface area contributed by atoms with Gasteiger partial charge in [-0.1, -0.05) is 23.2 Å². The predicted molar refractivity (Wildman–Crippen MR) is 80.3 cm³/mol. The summed E-state index contributed by atoms with van der Waals surface area (Å²) in [6.07, 6.45) is 2.18. The summed E-state index contributed by atoms with van der Waals surface area (Å²) in [5.41, 5.74) is 0.